The number of carbonyl (C=O) groups excluding carboxylic acids is 2. The topological polar surface area (TPSA) is 112 Å². The highest BCUT2D eigenvalue weighted by Crippen LogP contribution is 2.27. The molecule has 0 unspecified atom stereocenters. The molecule has 0 aliphatic heterocycles. The first-order valence-electron chi connectivity index (χ1n) is 5.69. The second-order valence-corrected chi connectivity index (χ2v) is 4.23. The third kappa shape index (κ3) is 2.44. The van der Waals surface area contributed by atoms with E-state index in [1.165, 1.54) is 36.4 Å². The summed E-state index contributed by atoms with van der Waals surface area (Å²) in [5.41, 5.74) is 16.9. The van der Waals surface area contributed by atoms with E-state index < -0.39 is 17.6 Å². The van der Waals surface area contributed by atoms with E-state index in [-0.39, 0.29) is 16.8 Å². The molecule has 6 N–H and O–H groups in total. The maximum Gasteiger partial charge on any atom is 0.249 e. The van der Waals surface area contributed by atoms with Crippen LogP contribution in [0.15, 0.2) is 36.4 Å². The van der Waals surface area contributed by atoms with Gasteiger partial charge in [-0.15, -0.1) is 0 Å². The first kappa shape index (κ1) is 13.5. The van der Waals surface area contributed by atoms with Gasteiger partial charge in [-0.2, -0.15) is 0 Å². The van der Waals surface area contributed by atoms with Gasteiger partial charge in [-0.25, -0.2) is 4.39 Å². The number of nitrogens with two attached hydrogens (primary N) is 3. The third-order valence-electron chi connectivity index (χ3n) is 2.88. The Kier molecular flexibility index (Phi) is 3.39. The largest absolute Gasteiger partial charge is 0.396 e. The van der Waals surface area contributed by atoms with Gasteiger partial charge in [0.25, 0.3) is 0 Å². The van der Waals surface area contributed by atoms with Crippen molar-refractivity contribution in [2.24, 2.45) is 11.5 Å². The Morgan fingerprint density at radius 3 is 2.20 bits per heavy atom. The van der Waals surface area contributed by atoms with Crippen LogP contribution in [0.3, 0.4) is 0 Å². The van der Waals surface area contributed by atoms with E-state index in [9.17, 15) is 14.0 Å². The van der Waals surface area contributed by atoms with Crippen LogP contribution in [0.25, 0.3) is 11.1 Å². The molecule has 2 rings (SSSR count). The summed E-state index contributed by atoms with van der Waals surface area (Å²) in [5.74, 6) is -1.96. The number of hydrogen-bond donors (Lipinski definition) is 3. The van der Waals surface area contributed by atoms with Gasteiger partial charge in [0.15, 0.2) is 0 Å². The highest BCUT2D eigenvalue weighted by Gasteiger charge is 2.14. The molecule has 0 saturated heterocycles. The summed E-state index contributed by atoms with van der Waals surface area (Å²) in [4.78, 5) is 22.6. The zero-order valence-electron chi connectivity index (χ0n) is 10.4. The van der Waals surface area contributed by atoms with E-state index in [1.54, 1.807) is 0 Å². The molecular formula is C14H12FN3O2. The van der Waals surface area contributed by atoms with Crippen molar-refractivity contribution in [1.29, 1.82) is 0 Å². The molecule has 0 aliphatic carbocycles. The van der Waals surface area contributed by atoms with Crippen molar-refractivity contribution >= 4 is 17.5 Å². The van der Waals surface area contributed by atoms with Crippen LogP contribution in [0, 0.1) is 5.82 Å². The lowest BCUT2D eigenvalue weighted by molar-refractivity contribution is 0.0989. The zero-order valence-corrected chi connectivity index (χ0v) is 10.4. The Bertz CT molecular complexity index is 714. The molecule has 0 aliphatic rings. The molecule has 0 fully saturated rings. The lowest BCUT2D eigenvalue weighted by Gasteiger charge is -2.09. The van der Waals surface area contributed by atoms with E-state index in [4.69, 9.17) is 17.2 Å². The van der Waals surface area contributed by atoms with Crippen LogP contribution < -0.4 is 17.2 Å². The predicted octanol–water partition coefficient (Wildman–Crippen LogP) is 1.27. The summed E-state index contributed by atoms with van der Waals surface area (Å²) in [6, 6.07) is 8.23. The third-order valence-corrected chi connectivity index (χ3v) is 2.88. The number of rotatable bonds is 3. The van der Waals surface area contributed by atoms with Crippen LogP contribution in [0.4, 0.5) is 10.1 Å². The highest BCUT2D eigenvalue weighted by molar-refractivity contribution is 6.02. The fourth-order valence-electron chi connectivity index (χ4n) is 1.85. The molecule has 0 bridgehead atoms. The Morgan fingerprint density at radius 1 is 0.950 bits per heavy atom. The number of nitrogen functional groups attached to an aromatic ring is 1. The second kappa shape index (κ2) is 5.00. The number of benzene rings is 2. The van der Waals surface area contributed by atoms with Crippen LogP contribution in [-0.4, -0.2) is 11.8 Å². The fraction of sp³-hybridized carbons (Fsp3) is 0. The Balaban J connectivity index is 2.68. The molecule has 0 radical (unpaired) electrons. The summed E-state index contributed by atoms with van der Waals surface area (Å²) in [5, 5.41) is 0. The number of halogens is 1. The van der Waals surface area contributed by atoms with E-state index >= 15 is 0 Å². The molecule has 5 nitrogen and oxygen atoms in total. The van der Waals surface area contributed by atoms with E-state index in [0.29, 0.717) is 11.1 Å². The molecule has 0 heterocycles. The first-order chi connectivity index (χ1) is 9.40. The van der Waals surface area contributed by atoms with Gasteiger partial charge in [0.05, 0.1) is 5.69 Å². The smallest absolute Gasteiger partial charge is 0.249 e. The Hall–Kier alpha value is -2.89. The minimum Gasteiger partial charge on any atom is -0.396 e. The molecular weight excluding hydrogens is 261 g/mol. The van der Waals surface area contributed by atoms with Crippen LogP contribution in [0.2, 0.25) is 0 Å². The summed E-state index contributed by atoms with van der Waals surface area (Å²) in [6.45, 7) is 0. The normalized spacial score (nSPS) is 10.2. The number of hydrogen-bond acceptors (Lipinski definition) is 3. The van der Waals surface area contributed by atoms with Gasteiger partial charge >= 0.3 is 0 Å². The van der Waals surface area contributed by atoms with Gasteiger partial charge in [-0.1, -0.05) is 6.07 Å². The monoisotopic (exact) mass is 273 g/mol. The molecule has 2 aromatic carbocycles. The molecule has 2 amide bonds. The minimum absolute atomic E-state index is 0.0135. The van der Waals surface area contributed by atoms with Gasteiger partial charge in [0, 0.05) is 11.1 Å². The molecule has 20 heavy (non-hydrogen) atoms. The SMILES string of the molecule is NC(=O)c1ccc(C(N)=O)c(-c2ccc(N)c(F)c2)c1. The second-order valence-electron chi connectivity index (χ2n) is 4.23. The fourth-order valence-corrected chi connectivity index (χ4v) is 1.85. The minimum atomic E-state index is -0.687. The highest BCUT2D eigenvalue weighted by atomic mass is 19.1. The quantitative estimate of drug-likeness (QED) is 0.732. The van der Waals surface area contributed by atoms with Crippen LogP contribution >= 0.6 is 0 Å². The lowest BCUT2D eigenvalue weighted by atomic mass is 9.96. The molecule has 0 saturated carbocycles. The van der Waals surface area contributed by atoms with Crippen molar-refractivity contribution in [3.8, 4) is 11.1 Å². The van der Waals surface area contributed by atoms with E-state index in [2.05, 4.69) is 0 Å². The molecule has 102 valence electrons. The molecule has 2 aromatic rings. The number of amides is 2. The van der Waals surface area contributed by atoms with Crippen molar-refractivity contribution in [1.82, 2.24) is 0 Å². The maximum absolute atomic E-state index is 13.5. The van der Waals surface area contributed by atoms with Gasteiger partial charge in [0.2, 0.25) is 11.8 Å². The molecule has 0 atom stereocenters. The lowest BCUT2D eigenvalue weighted by Crippen LogP contribution is -2.15. The first-order valence-corrected chi connectivity index (χ1v) is 5.69. The van der Waals surface area contributed by atoms with Crippen molar-refractivity contribution in [2.45, 2.75) is 0 Å². The van der Waals surface area contributed by atoms with Gasteiger partial charge in [0.1, 0.15) is 5.82 Å². The summed E-state index contributed by atoms with van der Waals surface area (Å²) in [7, 11) is 0. The molecule has 0 aromatic heterocycles. The van der Waals surface area contributed by atoms with Crippen LogP contribution in [-0.2, 0) is 0 Å². The van der Waals surface area contributed by atoms with E-state index in [1.807, 2.05) is 0 Å². The summed E-state index contributed by atoms with van der Waals surface area (Å²) < 4.78 is 13.5. The van der Waals surface area contributed by atoms with Gasteiger partial charge in [-0.05, 0) is 41.5 Å². The van der Waals surface area contributed by atoms with Crippen LogP contribution in [0.1, 0.15) is 20.7 Å². The summed E-state index contributed by atoms with van der Waals surface area (Å²) >= 11 is 0. The van der Waals surface area contributed by atoms with Gasteiger partial charge < -0.3 is 17.2 Å². The van der Waals surface area contributed by atoms with Crippen molar-refractivity contribution in [3.05, 3.63) is 53.3 Å². The Labute approximate surface area is 114 Å². The standard InChI is InChI=1S/C14H12FN3O2/c15-11-6-7(2-4-12(11)16)10-5-8(13(17)19)1-3-9(10)14(18)20/h1-6H,16H2,(H2,17,19)(H2,18,20). The maximum atomic E-state index is 13.5. The summed E-state index contributed by atoms with van der Waals surface area (Å²) in [6.07, 6.45) is 0. The molecule has 6 heteroatoms. The van der Waals surface area contributed by atoms with E-state index in [0.717, 1.165) is 0 Å². The Morgan fingerprint density at radius 2 is 1.65 bits per heavy atom. The van der Waals surface area contributed by atoms with Gasteiger partial charge in [-0.3, -0.25) is 9.59 Å². The van der Waals surface area contributed by atoms with Crippen molar-refractivity contribution in [3.63, 3.8) is 0 Å². The number of primary amides is 2. The van der Waals surface area contributed by atoms with Crippen LogP contribution in [0.5, 0.6) is 0 Å². The number of anilines is 1. The predicted molar refractivity (Wildman–Crippen MR) is 73.3 cm³/mol. The average molecular weight is 273 g/mol. The molecule has 0 spiro atoms. The van der Waals surface area contributed by atoms with Crippen molar-refractivity contribution in [2.75, 3.05) is 5.73 Å². The number of carbonyl (C=O) groups is 2. The van der Waals surface area contributed by atoms with Crippen molar-refractivity contribution < 1.29 is 14.0 Å². The zero-order chi connectivity index (χ0) is 14.9. The average Bonchev–Trinajstić information content (AvgIpc) is 2.41.